The van der Waals surface area contributed by atoms with Crippen molar-refractivity contribution in [2.24, 2.45) is 0 Å². The summed E-state index contributed by atoms with van der Waals surface area (Å²) in [6, 6.07) is 8.65. The molecule has 1 saturated heterocycles. The topological polar surface area (TPSA) is 70.8 Å². The lowest BCUT2D eigenvalue weighted by Crippen LogP contribution is -2.51. The Morgan fingerprint density at radius 2 is 1.81 bits per heavy atom. The first-order chi connectivity index (χ1) is 12.3. The van der Waals surface area contributed by atoms with E-state index >= 15 is 0 Å². The molecule has 136 valence electrons. The maximum atomic E-state index is 12.5. The standard InChI is InChI=1S/C20H22N2O4/c1-13-4-5-16(8-14(13)2)11-21-6-7-22(12-19(21)24)20(25)18-10-17(23)9-15(3)26-18/h4-5,8-10H,6-7,11-12H2,1-3H3. The first-order valence-electron chi connectivity index (χ1n) is 8.58. The highest BCUT2D eigenvalue weighted by atomic mass is 16.3. The molecule has 1 aromatic heterocycles. The lowest BCUT2D eigenvalue weighted by molar-refractivity contribution is -0.135. The van der Waals surface area contributed by atoms with E-state index in [1.54, 1.807) is 11.8 Å². The summed E-state index contributed by atoms with van der Waals surface area (Å²) < 4.78 is 5.34. The lowest BCUT2D eigenvalue weighted by Gasteiger charge is -2.34. The van der Waals surface area contributed by atoms with Gasteiger partial charge in [0.25, 0.3) is 5.91 Å². The van der Waals surface area contributed by atoms with E-state index in [1.807, 2.05) is 13.0 Å². The summed E-state index contributed by atoms with van der Waals surface area (Å²) in [6.07, 6.45) is 0. The second-order valence-electron chi connectivity index (χ2n) is 6.73. The van der Waals surface area contributed by atoms with Crippen molar-refractivity contribution < 1.29 is 14.0 Å². The van der Waals surface area contributed by atoms with Crippen molar-refractivity contribution in [2.45, 2.75) is 27.3 Å². The fraction of sp³-hybridized carbons (Fsp3) is 0.350. The molecule has 2 amide bonds. The zero-order chi connectivity index (χ0) is 18.8. The van der Waals surface area contributed by atoms with Gasteiger partial charge in [0.15, 0.2) is 11.2 Å². The van der Waals surface area contributed by atoms with Gasteiger partial charge in [-0.2, -0.15) is 0 Å². The molecule has 26 heavy (non-hydrogen) atoms. The summed E-state index contributed by atoms with van der Waals surface area (Å²) in [6.45, 7) is 7.10. The van der Waals surface area contributed by atoms with Gasteiger partial charge in [0.1, 0.15) is 12.3 Å². The summed E-state index contributed by atoms with van der Waals surface area (Å²) in [4.78, 5) is 39.7. The highest BCUT2D eigenvalue weighted by molar-refractivity contribution is 5.94. The van der Waals surface area contributed by atoms with Crippen molar-refractivity contribution in [1.29, 1.82) is 0 Å². The summed E-state index contributed by atoms with van der Waals surface area (Å²) in [5.74, 6) is -0.186. The molecule has 2 heterocycles. The number of hydrogen-bond acceptors (Lipinski definition) is 4. The van der Waals surface area contributed by atoms with Crippen LogP contribution in [0.15, 0.2) is 39.5 Å². The Kier molecular flexibility index (Phi) is 4.93. The molecule has 1 aliphatic rings. The number of carbonyl (C=O) groups is 2. The first kappa shape index (κ1) is 17.9. The van der Waals surface area contributed by atoms with Crippen molar-refractivity contribution in [1.82, 2.24) is 9.80 Å². The monoisotopic (exact) mass is 354 g/mol. The molecule has 6 nitrogen and oxygen atoms in total. The predicted molar refractivity (Wildman–Crippen MR) is 97.0 cm³/mol. The zero-order valence-electron chi connectivity index (χ0n) is 15.2. The second kappa shape index (κ2) is 7.15. The minimum atomic E-state index is -0.426. The van der Waals surface area contributed by atoms with Crippen molar-refractivity contribution in [2.75, 3.05) is 19.6 Å². The fourth-order valence-electron chi connectivity index (χ4n) is 3.04. The summed E-state index contributed by atoms with van der Waals surface area (Å²) in [5, 5.41) is 0. The van der Waals surface area contributed by atoms with Gasteiger partial charge in [-0.05, 0) is 37.5 Å². The van der Waals surface area contributed by atoms with Crippen molar-refractivity contribution in [3.63, 3.8) is 0 Å². The van der Waals surface area contributed by atoms with Crippen molar-refractivity contribution in [3.8, 4) is 0 Å². The summed E-state index contributed by atoms with van der Waals surface area (Å²) in [5.41, 5.74) is 3.20. The number of piperazine rings is 1. The largest absolute Gasteiger partial charge is 0.456 e. The number of rotatable bonds is 3. The van der Waals surface area contributed by atoms with Crippen LogP contribution in [-0.4, -0.2) is 41.2 Å². The zero-order valence-corrected chi connectivity index (χ0v) is 15.2. The van der Waals surface area contributed by atoms with Crippen LogP contribution in [0.25, 0.3) is 0 Å². The number of hydrogen-bond donors (Lipinski definition) is 0. The van der Waals surface area contributed by atoms with Crippen LogP contribution in [0.3, 0.4) is 0 Å². The quantitative estimate of drug-likeness (QED) is 0.846. The van der Waals surface area contributed by atoms with Gasteiger partial charge in [-0.3, -0.25) is 14.4 Å². The van der Waals surface area contributed by atoms with Gasteiger partial charge in [-0.15, -0.1) is 0 Å². The Balaban J connectivity index is 1.68. The van der Waals surface area contributed by atoms with Crippen LogP contribution in [0.4, 0.5) is 0 Å². The van der Waals surface area contributed by atoms with E-state index in [9.17, 15) is 14.4 Å². The van der Waals surface area contributed by atoms with E-state index in [0.29, 0.717) is 25.4 Å². The Hall–Kier alpha value is -2.89. The van der Waals surface area contributed by atoms with Crippen LogP contribution in [0.1, 0.15) is 33.0 Å². The van der Waals surface area contributed by atoms with E-state index < -0.39 is 5.91 Å². The molecule has 1 fully saturated rings. The second-order valence-corrected chi connectivity index (χ2v) is 6.73. The predicted octanol–water partition coefficient (Wildman–Crippen LogP) is 2.05. The average molecular weight is 354 g/mol. The molecular formula is C20H22N2O4. The first-order valence-corrected chi connectivity index (χ1v) is 8.58. The molecule has 0 saturated carbocycles. The minimum absolute atomic E-state index is 0.0126. The van der Waals surface area contributed by atoms with Gasteiger partial charge in [0, 0.05) is 31.8 Å². The van der Waals surface area contributed by atoms with Crippen molar-refractivity contribution in [3.05, 3.63) is 68.8 Å². The number of benzene rings is 1. The lowest BCUT2D eigenvalue weighted by atomic mass is 10.1. The average Bonchev–Trinajstić information content (AvgIpc) is 2.58. The highest BCUT2D eigenvalue weighted by Crippen LogP contribution is 2.15. The van der Waals surface area contributed by atoms with E-state index in [0.717, 1.165) is 5.56 Å². The molecule has 0 N–H and O–H groups in total. The SMILES string of the molecule is Cc1cc(=O)cc(C(=O)N2CCN(Cc3ccc(C)c(C)c3)C(=O)C2)o1. The molecule has 0 aliphatic carbocycles. The molecule has 0 atom stereocenters. The van der Waals surface area contributed by atoms with Gasteiger partial charge in [-0.25, -0.2) is 0 Å². The van der Waals surface area contributed by atoms with Crippen LogP contribution in [0.5, 0.6) is 0 Å². The third-order valence-electron chi connectivity index (χ3n) is 4.65. The van der Waals surface area contributed by atoms with Crippen LogP contribution in [0.2, 0.25) is 0 Å². The smallest absolute Gasteiger partial charge is 0.290 e. The molecule has 6 heteroatoms. The van der Waals surface area contributed by atoms with Crippen LogP contribution in [-0.2, 0) is 11.3 Å². The van der Waals surface area contributed by atoms with E-state index in [4.69, 9.17) is 4.42 Å². The normalized spacial score (nSPS) is 14.7. The van der Waals surface area contributed by atoms with E-state index in [2.05, 4.69) is 19.1 Å². The molecule has 1 aliphatic heterocycles. The molecule has 0 spiro atoms. The third-order valence-corrected chi connectivity index (χ3v) is 4.65. The highest BCUT2D eigenvalue weighted by Gasteiger charge is 2.29. The molecule has 0 bridgehead atoms. The van der Waals surface area contributed by atoms with Gasteiger partial charge in [0.05, 0.1) is 0 Å². The minimum Gasteiger partial charge on any atom is -0.456 e. The van der Waals surface area contributed by atoms with Gasteiger partial charge in [-0.1, -0.05) is 18.2 Å². The summed E-state index contributed by atoms with van der Waals surface area (Å²) in [7, 11) is 0. The van der Waals surface area contributed by atoms with E-state index in [1.165, 1.54) is 28.2 Å². The van der Waals surface area contributed by atoms with Crippen LogP contribution in [0, 0.1) is 20.8 Å². The van der Waals surface area contributed by atoms with Gasteiger partial charge >= 0.3 is 0 Å². The number of amides is 2. The molecule has 3 rings (SSSR count). The Labute approximate surface area is 152 Å². The Morgan fingerprint density at radius 3 is 2.46 bits per heavy atom. The molecular weight excluding hydrogens is 332 g/mol. The fourth-order valence-corrected chi connectivity index (χ4v) is 3.04. The van der Waals surface area contributed by atoms with Crippen LogP contribution >= 0.6 is 0 Å². The molecule has 0 unspecified atom stereocenters. The van der Waals surface area contributed by atoms with Crippen molar-refractivity contribution >= 4 is 11.8 Å². The van der Waals surface area contributed by atoms with E-state index in [-0.39, 0.29) is 23.6 Å². The molecule has 2 aromatic rings. The van der Waals surface area contributed by atoms with Gasteiger partial charge in [0.2, 0.25) is 5.91 Å². The maximum absolute atomic E-state index is 12.5. The maximum Gasteiger partial charge on any atom is 0.290 e. The van der Waals surface area contributed by atoms with Gasteiger partial charge < -0.3 is 14.2 Å². The Morgan fingerprint density at radius 1 is 1.04 bits per heavy atom. The number of nitrogens with zero attached hydrogens (tertiary/aromatic N) is 2. The molecule has 0 radical (unpaired) electrons. The number of carbonyl (C=O) groups excluding carboxylic acids is 2. The molecule has 1 aromatic carbocycles. The summed E-state index contributed by atoms with van der Waals surface area (Å²) >= 11 is 0. The third kappa shape index (κ3) is 3.85. The number of aryl methyl sites for hydroxylation is 3. The van der Waals surface area contributed by atoms with Crippen LogP contribution < -0.4 is 5.43 Å². The Bertz CT molecular complexity index is 916.